The van der Waals surface area contributed by atoms with Crippen LogP contribution in [0, 0.1) is 16.7 Å². The molecule has 1 fully saturated rings. The van der Waals surface area contributed by atoms with Crippen molar-refractivity contribution in [2.45, 2.75) is 76.2 Å². The van der Waals surface area contributed by atoms with E-state index in [1.165, 1.54) is 6.07 Å². The molecule has 0 amide bonds. The second-order valence-electron chi connectivity index (χ2n) is 10.5. The SMILES string of the molecule is N=C(CCCc1cccc(C(F)(F)F)c1)C(=O)C(=O)CCCCc1ccc2c(c1)[C@@H]1C[C@H](C(=N)C2)[C@H](O)CO1. The number of benzene rings is 2. The van der Waals surface area contributed by atoms with Crippen LogP contribution in [0.3, 0.4) is 0 Å². The molecule has 0 radical (unpaired) electrons. The maximum Gasteiger partial charge on any atom is 0.416 e. The van der Waals surface area contributed by atoms with Gasteiger partial charge in [0.2, 0.25) is 11.6 Å². The number of fused-ring (bicyclic) bond motifs is 4. The van der Waals surface area contributed by atoms with E-state index in [2.05, 4.69) is 6.07 Å². The molecule has 0 spiro atoms. The van der Waals surface area contributed by atoms with Crippen LogP contribution in [0.1, 0.15) is 72.4 Å². The lowest BCUT2D eigenvalue weighted by molar-refractivity contribution is -0.137. The van der Waals surface area contributed by atoms with Crippen LogP contribution in [-0.4, -0.2) is 40.8 Å². The van der Waals surface area contributed by atoms with Gasteiger partial charge in [-0.05, 0) is 73.3 Å². The number of aliphatic hydroxyl groups excluding tert-OH is 1. The zero-order valence-electron chi connectivity index (χ0n) is 21.7. The quantitative estimate of drug-likeness (QED) is 0.195. The Morgan fingerprint density at radius 1 is 1.00 bits per heavy atom. The first-order valence-electron chi connectivity index (χ1n) is 13.3. The summed E-state index contributed by atoms with van der Waals surface area (Å²) in [4.78, 5) is 24.6. The third-order valence-corrected chi connectivity index (χ3v) is 7.58. The number of alkyl halides is 3. The first kappa shape index (κ1) is 28.8. The van der Waals surface area contributed by atoms with Gasteiger partial charge in [0.25, 0.3) is 0 Å². The van der Waals surface area contributed by atoms with Gasteiger partial charge in [0.05, 0.1) is 30.1 Å². The number of halogens is 3. The lowest BCUT2D eigenvalue weighted by Gasteiger charge is -2.32. The number of rotatable bonds is 11. The van der Waals surface area contributed by atoms with E-state index in [9.17, 15) is 27.9 Å². The van der Waals surface area contributed by atoms with Crippen LogP contribution in [-0.2, 0) is 39.8 Å². The van der Waals surface area contributed by atoms with Crippen LogP contribution in [0.2, 0.25) is 0 Å². The van der Waals surface area contributed by atoms with Gasteiger partial charge in [-0.3, -0.25) is 9.59 Å². The van der Waals surface area contributed by atoms with Gasteiger partial charge in [0, 0.05) is 24.5 Å². The lowest BCUT2D eigenvalue weighted by Crippen LogP contribution is -2.37. The Morgan fingerprint density at radius 3 is 2.51 bits per heavy atom. The van der Waals surface area contributed by atoms with Crippen molar-refractivity contribution in [3.63, 3.8) is 0 Å². The van der Waals surface area contributed by atoms with Crippen molar-refractivity contribution in [1.29, 1.82) is 10.8 Å². The highest BCUT2D eigenvalue weighted by atomic mass is 19.4. The highest BCUT2D eigenvalue weighted by molar-refractivity contribution is 6.64. The molecule has 4 rings (SSSR count). The van der Waals surface area contributed by atoms with Crippen LogP contribution in [0.25, 0.3) is 0 Å². The Labute approximate surface area is 225 Å². The number of ketones is 2. The number of carbonyl (C=O) groups is 2. The summed E-state index contributed by atoms with van der Waals surface area (Å²) in [6.07, 6.45) is -1.55. The fourth-order valence-electron chi connectivity index (χ4n) is 5.36. The molecule has 0 aromatic heterocycles. The second kappa shape index (κ2) is 12.3. The molecule has 1 aliphatic heterocycles. The smallest absolute Gasteiger partial charge is 0.390 e. The van der Waals surface area contributed by atoms with E-state index >= 15 is 0 Å². The average molecular weight is 543 g/mol. The Hall–Kier alpha value is -3.17. The number of aryl methyl sites for hydroxylation is 2. The summed E-state index contributed by atoms with van der Waals surface area (Å²) in [5, 5.41) is 26.5. The second-order valence-corrected chi connectivity index (χ2v) is 10.5. The van der Waals surface area contributed by atoms with Crippen molar-refractivity contribution < 1.29 is 32.6 Å². The van der Waals surface area contributed by atoms with Crippen molar-refractivity contribution in [1.82, 2.24) is 0 Å². The molecular formula is C30H33F3N2O4. The minimum atomic E-state index is -4.42. The normalized spacial score (nSPS) is 20.7. The van der Waals surface area contributed by atoms with Crippen LogP contribution in [0.5, 0.6) is 0 Å². The fourth-order valence-corrected chi connectivity index (χ4v) is 5.36. The first-order valence-corrected chi connectivity index (χ1v) is 13.3. The highest BCUT2D eigenvalue weighted by Gasteiger charge is 2.37. The van der Waals surface area contributed by atoms with Crippen LogP contribution < -0.4 is 0 Å². The van der Waals surface area contributed by atoms with E-state index in [1.54, 1.807) is 6.07 Å². The predicted molar refractivity (Wildman–Crippen MR) is 140 cm³/mol. The van der Waals surface area contributed by atoms with Crippen molar-refractivity contribution in [3.05, 3.63) is 70.3 Å². The van der Waals surface area contributed by atoms with Crippen molar-refractivity contribution in [2.24, 2.45) is 5.92 Å². The molecule has 0 saturated carbocycles. The zero-order chi connectivity index (χ0) is 28.2. The summed E-state index contributed by atoms with van der Waals surface area (Å²) >= 11 is 0. The first-order chi connectivity index (χ1) is 18.5. The molecule has 6 nitrogen and oxygen atoms in total. The molecular weight excluding hydrogens is 509 g/mol. The third kappa shape index (κ3) is 7.28. The van der Waals surface area contributed by atoms with Crippen LogP contribution in [0.15, 0.2) is 42.5 Å². The molecule has 1 aliphatic carbocycles. The monoisotopic (exact) mass is 542 g/mol. The highest BCUT2D eigenvalue weighted by Crippen LogP contribution is 2.38. The Morgan fingerprint density at radius 2 is 1.74 bits per heavy atom. The molecule has 2 aliphatic rings. The molecule has 1 saturated heterocycles. The number of Topliss-reactive ketones (excluding diaryl/α,β-unsaturated/α-hetero) is 2. The third-order valence-electron chi connectivity index (χ3n) is 7.58. The molecule has 2 bridgehead atoms. The number of unbranched alkanes of at least 4 members (excludes halogenated alkanes) is 1. The summed E-state index contributed by atoms with van der Waals surface area (Å²) in [6, 6.07) is 11.1. The average Bonchev–Trinajstić information content (AvgIpc) is 3.02. The maximum atomic E-state index is 12.9. The van der Waals surface area contributed by atoms with Gasteiger partial charge in [0.15, 0.2) is 0 Å². The number of aliphatic hydroxyl groups is 1. The molecule has 3 N–H and O–H groups in total. The van der Waals surface area contributed by atoms with Crippen LogP contribution in [0.4, 0.5) is 13.2 Å². The van der Waals surface area contributed by atoms with Crippen LogP contribution >= 0.6 is 0 Å². The van der Waals surface area contributed by atoms with E-state index in [1.807, 2.05) is 12.1 Å². The zero-order valence-corrected chi connectivity index (χ0v) is 21.7. The topological polar surface area (TPSA) is 111 Å². The molecule has 0 unspecified atom stereocenters. The summed E-state index contributed by atoms with van der Waals surface area (Å²) in [5.74, 6) is -1.61. The van der Waals surface area contributed by atoms with Gasteiger partial charge in [0.1, 0.15) is 0 Å². The van der Waals surface area contributed by atoms with Gasteiger partial charge < -0.3 is 20.7 Å². The van der Waals surface area contributed by atoms with E-state index in [-0.39, 0.29) is 43.6 Å². The van der Waals surface area contributed by atoms with Gasteiger partial charge in [-0.15, -0.1) is 0 Å². The minimum Gasteiger partial charge on any atom is -0.390 e. The van der Waals surface area contributed by atoms with E-state index in [4.69, 9.17) is 15.6 Å². The Kier molecular flexibility index (Phi) is 9.12. The van der Waals surface area contributed by atoms with E-state index < -0.39 is 29.4 Å². The maximum absolute atomic E-state index is 12.9. The molecule has 2 aromatic carbocycles. The number of ether oxygens (including phenoxy) is 1. The van der Waals surface area contributed by atoms with Gasteiger partial charge in [-0.2, -0.15) is 13.2 Å². The molecule has 9 heteroatoms. The van der Waals surface area contributed by atoms with Crippen molar-refractivity contribution in [2.75, 3.05) is 6.61 Å². The number of nitrogens with one attached hydrogen (secondary N) is 2. The molecule has 3 atom stereocenters. The van der Waals surface area contributed by atoms with Crippen molar-refractivity contribution in [3.8, 4) is 0 Å². The molecule has 39 heavy (non-hydrogen) atoms. The van der Waals surface area contributed by atoms with Gasteiger partial charge in [-0.1, -0.05) is 36.4 Å². The fraction of sp³-hybridized carbons (Fsp3) is 0.467. The molecule has 2 aromatic rings. The Balaban J connectivity index is 1.20. The number of hydrogen-bond donors (Lipinski definition) is 3. The van der Waals surface area contributed by atoms with E-state index in [0.29, 0.717) is 49.8 Å². The molecule has 208 valence electrons. The Bertz CT molecular complexity index is 1260. The summed E-state index contributed by atoms with van der Waals surface area (Å²) in [7, 11) is 0. The van der Waals surface area contributed by atoms with Gasteiger partial charge in [-0.25, -0.2) is 0 Å². The van der Waals surface area contributed by atoms with E-state index in [0.717, 1.165) is 28.8 Å². The summed E-state index contributed by atoms with van der Waals surface area (Å²) in [6.45, 7) is 0.220. The molecule has 1 heterocycles. The number of hydrogen-bond acceptors (Lipinski definition) is 6. The summed E-state index contributed by atoms with van der Waals surface area (Å²) in [5.41, 5.74) is 3.14. The number of carbonyl (C=O) groups excluding carboxylic acids is 2. The lowest BCUT2D eigenvalue weighted by atomic mass is 9.89. The largest absolute Gasteiger partial charge is 0.416 e. The van der Waals surface area contributed by atoms with Gasteiger partial charge >= 0.3 is 6.18 Å². The standard InChI is InChI=1S/C30H33F3N2O4/c31-30(32,33)21-8-3-6-18(13-21)7-4-9-24(34)29(38)26(36)10-2-1-5-19-11-12-20-15-25(35)23-16-28(22(20)14-19)39-17-27(23)37/h3,6,8,11-14,23,27-28,34-35,37H,1-2,4-5,7,9-10,15-17H2/t23-,27-,28+/m1/s1. The summed E-state index contributed by atoms with van der Waals surface area (Å²) < 4.78 is 44.4. The van der Waals surface area contributed by atoms with Crippen molar-refractivity contribution >= 4 is 23.0 Å². The minimum absolute atomic E-state index is 0.0362. The predicted octanol–water partition coefficient (Wildman–Crippen LogP) is 5.61.